The topological polar surface area (TPSA) is 68.6 Å². The molecule has 1 aromatic carbocycles. The average Bonchev–Trinajstić information content (AvgIpc) is 2.91. The molecule has 2 aromatic rings. The molecule has 0 spiro atoms. The van der Waals surface area contributed by atoms with Crippen LogP contribution in [0, 0.1) is 0 Å². The minimum absolute atomic E-state index is 0.369. The van der Waals surface area contributed by atoms with Gasteiger partial charge in [-0.05, 0) is 25.0 Å². The van der Waals surface area contributed by atoms with Crippen molar-refractivity contribution in [1.29, 1.82) is 0 Å². The van der Waals surface area contributed by atoms with E-state index in [1.165, 1.54) is 11.3 Å². The van der Waals surface area contributed by atoms with Crippen molar-refractivity contribution in [3.05, 3.63) is 49.7 Å². The molecule has 1 aliphatic carbocycles. The lowest BCUT2D eigenvalue weighted by Crippen LogP contribution is -2.23. The first-order valence-electron chi connectivity index (χ1n) is 6.82. The van der Waals surface area contributed by atoms with Crippen LogP contribution in [-0.4, -0.2) is 25.4 Å². The van der Waals surface area contributed by atoms with E-state index in [9.17, 15) is 8.42 Å². The molecule has 1 aromatic heterocycles. The third kappa shape index (κ3) is 3.99. The fourth-order valence-electron chi connectivity index (χ4n) is 2.10. The van der Waals surface area contributed by atoms with Crippen molar-refractivity contribution >= 4 is 50.9 Å². The molecular formula is C15H13ClN2O3S2. The zero-order valence-electron chi connectivity index (χ0n) is 12.2. The smallest absolute Gasteiger partial charge is 0.268 e. The van der Waals surface area contributed by atoms with Gasteiger partial charge in [-0.1, -0.05) is 41.0 Å². The Morgan fingerprint density at radius 3 is 2.61 bits per heavy atom. The van der Waals surface area contributed by atoms with E-state index in [4.69, 9.17) is 11.6 Å². The number of fused-ring (bicyclic) bond motifs is 1. The standard InChI is InChI=1S/C15H13ClN2O3S2/c1-23(19,20)21-18-14(10-6-8-11(16)9-7-10)15-17-12-4-2-3-5-13(12)22-15/h4-9H,2-3H2,1H3/b18-14+. The van der Waals surface area contributed by atoms with E-state index in [-0.39, 0.29) is 0 Å². The molecule has 5 nitrogen and oxygen atoms in total. The number of halogens is 1. The van der Waals surface area contributed by atoms with E-state index in [0.717, 1.165) is 29.0 Å². The maximum Gasteiger partial charge on any atom is 0.325 e. The number of hydrogen-bond acceptors (Lipinski definition) is 6. The van der Waals surface area contributed by atoms with E-state index in [0.29, 0.717) is 21.3 Å². The van der Waals surface area contributed by atoms with Crippen molar-refractivity contribution in [2.75, 3.05) is 6.26 Å². The summed E-state index contributed by atoms with van der Waals surface area (Å²) >= 11 is 7.36. The molecule has 0 saturated carbocycles. The first-order chi connectivity index (χ1) is 10.9. The molecule has 0 amide bonds. The van der Waals surface area contributed by atoms with Gasteiger partial charge in [-0.3, -0.25) is 4.28 Å². The van der Waals surface area contributed by atoms with Crippen LogP contribution in [-0.2, 0) is 14.4 Å². The maximum atomic E-state index is 11.3. The Balaban J connectivity index is 2.12. The summed E-state index contributed by atoms with van der Waals surface area (Å²) in [6, 6.07) is 6.92. The Bertz CT molecular complexity index is 943. The van der Waals surface area contributed by atoms with Crippen LogP contribution in [0.5, 0.6) is 0 Å². The van der Waals surface area contributed by atoms with Crippen molar-refractivity contribution < 1.29 is 12.7 Å². The molecule has 1 aliphatic rings. The summed E-state index contributed by atoms with van der Waals surface area (Å²) in [5.74, 6) is 0. The molecule has 0 unspecified atom stereocenters. The predicted octanol–water partition coefficient (Wildman–Crippen LogP) is 1.88. The monoisotopic (exact) mass is 368 g/mol. The third-order valence-electron chi connectivity index (χ3n) is 3.10. The van der Waals surface area contributed by atoms with Crippen molar-refractivity contribution in [2.24, 2.45) is 5.16 Å². The first kappa shape index (κ1) is 16.2. The molecule has 0 atom stereocenters. The van der Waals surface area contributed by atoms with Gasteiger partial charge in [0.25, 0.3) is 0 Å². The first-order valence-corrected chi connectivity index (χ1v) is 9.84. The highest BCUT2D eigenvalue weighted by atomic mass is 35.5. The van der Waals surface area contributed by atoms with Crippen molar-refractivity contribution in [2.45, 2.75) is 12.8 Å². The molecule has 0 aliphatic heterocycles. The molecule has 8 heteroatoms. The van der Waals surface area contributed by atoms with Crippen LogP contribution in [0.25, 0.3) is 12.2 Å². The fraction of sp³-hybridized carbons (Fsp3) is 0.200. The van der Waals surface area contributed by atoms with Gasteiger partial charge in [0.05, 0.1) is 16.1 Å². The van der Waals surface area contributed by atoms with Gasteiger partial charge in [-0.2, -0.15) is 8.42 Å². The number of rotatable bonds is 4. The van der Waals surface area contributed by atoms with Gasteiger partial charge in [-0.15, -0.1) is 11.3 Å². The van der Waals surface area contributed by atoms with Crippen LogP contribution in [0.3, 0.4) is 0 Å². The molecular weight excluding hydrogens is 356 g/mol. The van der Waals surface area contributed by atoms with Crippen LogP contribution < -0.4 is 9.88 Å². The fourth-order valence-corrected chi connectivity index (χ4v) is 3.47. The Morgan fingerprint density at radius 2 is 1.96 bits per heavy atom. The largest absolute Gasteiger partial charge is 0.325 e. The zero-order valence-corrected chi connectivity index (χ0v) is 14.6. The quantitative estimate of drug-likeness (QED) is 0.610. The molecule has 0 N–H and O–H groups in total. The highest BCUT2D eigenvalue weighted by Gasteiger charge is 2.15. The van der Waals surface area contributed by atoms with E-state index < -0.39 is 10.1 Å². The molecule has 0 saturated heterocycles. The summed E-state index contributed by atoms with van der Waals surface area (Å²) in [6.07, 6.45) is 7.05. The summed E-state index contributed by atoms with van der Waals surface area (Å²) in [6.45, 7) is 0. The van der Waals surface area contributed by atoms with Gasteiger partial charge in [-0.25, -0.2) is 4.98 Å². The summed E-state index contributed by atoms with van der Waals surface area (Å²) in [5.41, 5.74) is 1.05. The number of oxime groups is 1. The van der Waals surface area contributed by atoms with Gasteiger partial charge in [0.2, 0.25) is 0 Å². The molecule has 0 radical (unpaired) electrons. The second-order valence-electron chi connectivity index (χ2n) is 4.98. The lowest BCUT2D eigenvalue weighted by Gasteiger charge is -2.03. The van der Waals surface area contributed by atoms with E-state index in [1.54, 1.807) is 24.3 Å². The van der Waals surface area contributed by atoms with Crippen molar-refractivity contribution in [3.8, 4) is 0 Å². The Hall–Kier alpha value is -1.70. The van der Waals surface area contributed by atoms with Crippen LogP contribution in [0.1, 0.15) is 23.4 Å². The lowest BCUT2D eigenvalue weighted by molar-refractivity contribution is 0.343. The number of hydrogen-bond donors (Lipinski definition) is 0. The number of nitrogens with zero attached hydrogens (tertiary/aromatic N) is 2. The lowest BCUT2D eigenvalue weighted by atomic mass is 10.1. The predicted molar refractivity (Wildman–Crippen MR) is 92.5 cm³/mol. The minimum Gasteiger partial charge on any atom is -0.268 e. The Morgan fingerprint density at radius 1 is 1.26 bits per heavy atom. The number of aromatic nitrogens is 1. The molecule has 120 valence electrons. The summed E-state index contributed by atoms with van der Waals surface area (Å²) in [4.78, 5) is 4.54. The number of thiazole rings is 1. The molecule has 23 heavy (non-hydrogen) atoms. The van der Waals surface area contributed by atoms with Crippen molar-refractivity contribution in [3.63, 3.8) is 0 Å². The van der Waals surface area contributed by atoms with Crippen LogP contribution in [0.2, 0.25) is 5.02 Å². The van der Waals surface area contributed by atoms with Gasteiger partial charge < -0.3 is 0 Å². The average molecular weight is 369 g/mol. The Labute approximate surface area is 142 Å². The van der Waals surface area contributed by atoms with E-state index >= 15 is 0 Å². The van der Waals surface area contributed by atoms with Gasteiger partial charge in [0, 0.05) is 10.6 Å². The van der Waals surface area contributed by atoms with Gasteiger partial charge in [0.15, 0.2) is 0 Å². The molecule has 0 fully saturated rings. The SMILES string of the molecule is CS(=O)(=O)O/N=C(\c1ccc(Cl)cc1)c1nc2c(s1)=CCCC=2. The molecule has 3 rings (SSSR count). The van der Waals surface area contributed by atoms with Crippen LogP contribution >= 0.6 is 22.9 Å². The molecule has 0 bridgehead atoms. The highest BCUT2D eigenvalue weighted by Crippen LogP contribution is 2.15. The number of benzene rings is 1. The van der Waals surface area contributed by atoms with Crippen LogP contribution in [0.4, 0.5) is 0 Å². The normalized spacial score (nSPS) is 14.6. The second-order valence-corrected chi connectivity index (χ2v) is 8.00. The van der Waals surface area contributed by atoms with E-state index in [1.807, 2.05) is 0 Å². The highest BCUT2D eigenvalue weighted by molar-refractivity contribution is 7.85. The summed E-state index contributed by atoms with van der Waals surface area (Å²) in [7, 11) is -3.70. The van der Waals surface area contributed by atoms with E-state index in [2.05, 4.69) is 26.6 Å². The minimum atomic E-state index is -3.70. The van der Waals surface area contributed by atoms with Gasteiger partial charge in [0.1, 0.15) is 10.7 Å². The summed E-state index contributed by atoms with van der Waals surface area (Å²) in [5, 5.41) is 5.90. The maximum absolute atomic E-state index is 11.3. The molecule has 1 heterocycles. The second kappa shape index (κ2) is 6.43. The van der Waals surface area contributed by atoms with Crippen LogP contribution in [0.15, 0.2) is 29.4 Å². The van der Waals surface area contributed by atoms with Gasteiger partial charge >= 0.3 is 10.1 Å². The van der Waals surface area contributed by atoms with Crippen molar-refractivity contribution in [1.82, 2.24) is 4.98 Å². The summed E-state index contributed by atoms with van der Waals surface area (Å²) < 4.78 is 28.2. The third-order valence-corrected chi connectivity index (χ3v) is 4.77. The zero-order chi connectivity index (χ0) is 16.4. The Kier molecular flexibility index (Phi) is 4.52.